The Balaban J connectivity index is 1.47. The zero-order valence-corrected chi connectivity index (χ0v) is 19.8. The normalized spacial score (nSPS) is 15.8. The number of thiazole rings is 1. The summed E-state index contributed by atoms with van der Waals surface area (Å²) in [4.78, 5) is 22.7. The number of hydrogen-bond acceptors (Lipinski definition) is 6. The number of piperidine rings is 1. The van der Waals surface area contributed by atoms with Gasteiger partial charge in [0.2, 0.25) is 5.88 Å². The molecule has 0 bridgehead atoms. The molecule has 1 unspecified atom stereocenters. The number of likely N-dealkylation sites (tertiary alicyclic amines) is 1. The van der Waals surface area contributed by atoms with Crippen LogP contribution >= 0.6 is 22.9 Å². The van der Waals surface area contributed by atoms with Gasteiger partial charge < -0.3 is 10.1 Å². The quantitative estimate of drug-likeness (QED) is 0.395. The van der Waals surface area contributed by atoms with Gasteiger partial charge in [-0.2, -0.15) is 0 Å². The van der Waals surface area contributed by atoms with Crippen LogP contribution in [0.3, 0.4) is 0 Å². The van der Waals surface area contributed by atoms with Crippen molar-refractivity contribution >= 4 is 28.8 Å². The molecule has 0 aliphatic carbocycles. The van der Waals surface area contributed by atoms with Gasteiger partial charge in [0.15, 0.2) is 0 Å². The lowest BCUT2D eigenvalue weighted by Gasteiger charge is -2.37. The zero-order chi connectivity index (χ0) is 24.9. The van der Waals surface area contributed by atoms with Crippen LogP contribution < -0.4 is 10.1 Å². The molecule has 0 saturated carbocycles. The predicted octanol–water partition coefficient (Wildman–Crippen LogP) is 5.42. The first-order chi connectivity index (χ1) is 16.8. The van der Waals surface area contributed by atoms with E-state index in [1.54, 1.807) is 0 Å². The molecule has 1 amide bonds. The number of amides is 1. The van der Waals surface area contributed by atoms with Gasteiger partial charge in [-0.15, -0.1) is 11.3 Å². The minimum absolute atomic E-state index is 0.0472. The molecule has 3 aromatic rings. The first-order valence-electron chi connectivity index (χ1n) is 10.8. The molecule has 0 spiro atoms. The monoisotopic (exact) mass is 528 g/mol. The number of pyridine rings is 1. The van der Waals surface area contributed by atoms with E-state index in [2.05, 4.69) is 15.3 Å². The molecule has 1 saturated heterocycles. The molecular formula is C23H21ClF4N4O2S. The van der Waals surface area contributed by atoms with Gasteiger partial charge in [-0.1, -0.05) is 17.7 Å². The van der Waals surface area contributed by atoms with Crippen LogP contribution in [0.15, 0.2) is 42.0 Å². The Labute approximate surface area is 207 Å². The Bertz CT molecular complexity index is 1150. The lowest BCUT2D eigenvalue weighted by molar-refractivity contribution is 0.0679. The summed E-state index contributed by atoms with van der Waals surface area (Å²) in [6, 6.07) is 5.70. The summed E-state index contributed by atoms with van der Waals surface area (Å²) in [6.07, 6.45) is -0.634. The van der Waals surface area contributed by atoms with Crippen LogP contribution in [0.1, 0.15) is 46.2 Å². The largest absolute Gasteiger partial charge is 0.474 e. The maximum atomic E-state index is 14.2. The van der Waals surface area contributed by atoms with Crippen molar-refractivity contribution in [1.82, 2.24) is 20.2 Å². The fourth-order valence-corrected chi connectivity index (χ4v) is 5.16. The van der Waals surface area contributed by atoms with Gasteiger partial charge in [0.1, 0.15) is 23.4 Å². The van der Waals surface area contributed by atoms with Gasteiger partial charge in [-0.3, -0.25) is 9.69 Å². The van der Waals surface area contributed by atoms with E-state index in [0.29, 0.717) is 30.8 Å². The summed E-state index contributed by atoms with van der Waals surface area (Å²) < 4.78 is 60.6. The summed E-state index contributed by atoms with van der Waals surface area (Å²) in [7, 11) is 0. The zero-order valence-electron chi connectivity index (χ0n) is 18.3. The summed E-state index contributed by atoms with van der Waals surface area (Å²) in [5.74, 6) is -1.79. The van der Waals surface area contributed by atoms with E-state index in [0.717, 1.165) is 17.4 Å². The van der Waals surface area contributed by atoms with Crippen molar-refractivity contribution in [3.05, 3.63) is 74.8 Å². The molecule has 1 aliphatic heterocycles. The Morgan fingerprint density at radius 2 is 2.00 bits per heavy atom. The second-order valence-corrected chi connectivity index (χ2v) is 9.18. The number of hydrogen-bond donors (Lipinski definition) is 1. The van der Waals surface area contributed by atoms with Crippen LogP contribution in [0.4, 0.5) is 17.6 Å². The van der Waals surface area contributed by atoms with Crippen molar-refractivity contribution < 1.29 is 27.1 Å². The standard InChI is InChI=1S/C23H21ClF4N4O2S/c24-15-2-1-3-16(26)19(15)23(33)30-11-17(21-20(22(27)28)31-12-35-21)32-8-5-14(6-9-32)34-18-10-13(25)4-7-29-18/h1-4,7,10,12,14,17,22H,5-6,8-9,11H2,(H,30,33). The van der Waals surface area contributed by atoms with E-state index in [-0.39, 0.29) is 34.8 Å². The van der Waals surface area contributed by atoms with Crippen LogP contribution in [0.2, 0.25) is 5.02 Å². The fraction of sp³-hybridized carbons (Fsp3) is 0.348. The molecule has 6 nitrogen and oxygen atoms in total. The van der Waals surface area contributed by atoms with Crippen molar-refractivity contribution in [3.63, 3.8) is 0 Å². The third-order valence-corrected chi connectivity index (χ3v) is 6.94. The molecule has 35 heavy (non-hydrogen) atoms. The third kappa shape index (κ3) is 6.09. The SMILES string of the molecule is O=C(NCC(c1scnc1C(F)F)N1CCC(Oc2cc(F)ccn2)CC1)c1c(F)cccc1Cl. The number of ether oxygens (including phenoxy) is 1. The van der Waals surface area contributed by atoms with Crippen molar-refractivity contribution in [2.24, 2.45) is 0 Å². The second kappa shape index (κ2) is 11.3. The molecule has 1 N–H and O–H groups in total. The van der Waals surface area contributed by atoms with E-state index >= 15 is 0 Å². The molecule has 1 aromatic carbocycles. The molecule has 3 heterocycles. The summed E-state index contributed by atoms with van der Waals surface area (Å²) >= 11 is 7.06. The highest BCUT2D eigenvalue weighted by Crippen LogP contribution is 2.34. The number of carbonyl (C=O) groups excluding carboxylic acids is 1. The predicted molar refractivity (Wildman–Crippen MR) is 123 cm³/mol. The molecule has 1 aliphatic rings. The van der Waals surface area contributed by atoms with E-state index in [9.17, 15) is 22.4 Å². The number of nitrogens with zero attached hydrogens (tertiary/aromatic N) is 3. The van der Waals surface area contributed by atoms with Gasteiger partial charge >= 0.3 is 0 Å². The number of rotatable bonds is 8. The molecule has 4 rings (SSSR count). The van der Waals surface area contributed by atoms with Crippen molar-refractivity contribution in [3.8, 4) is 5.88 Å². The van der Waals surface area contributed by atoms with Crippen LogP contribution in [-0.4, -0.2) is 46.5 Å². The van der Waals surface area contributed by atoms with Gasteiger partial charge in [0.25, 0.3) is 12.3 Å². The van der Waals surface area contributed by atoms with Gasteiger partial charge in [-0.25, -0.2) is 27.5 Å². The van der Waals surface area contributed by atoms with E-state index in [1.807, 2.05) is 4.90 Å². The topological polar surface area (TPSA) is 67.4 Å². The van der Waals surface area contributed by atoms with E-state index in [1.165, 1.54) is 36.0 Å². The number of nitrogens with one attached hydrogen (secondary N) is 1. The van der Waals surface area contributed by atoms with Gasteiger partial charge in [0.05, 0.1) is 27.0 Å². The second-order valence-electron chi connectivity index (χ2n) is 7.89. The highest BCUT2D eigenvalue weighted by atomic mass is 35.5. The Kier molecular flexibility index (Phi) is 8.19. The van der Waals surface area contributed by atoms with Crippen LogP contribution in [-0.2, 0) is 0 Å². The molecule has 1 fully saturated rings. The van der Waals surface area contributed by atoms with Crippen molar-refractivity contribution in [2.45, 2.75) is 31.4 Å². The van der Waals surface area contributed by atoms with Crippen LogP contribution in [0.5, 0.6) is 5.88 Å². The number of aromatic nitrogens is 2. The number of benzene rings is 1. The van der Waals surface area contributed by atoms with Crippen molar-refractivity contribution in [2.75, 3.05) is 19.6 Å². The Morgan fingerprint density at radius 1 is 1.23 bits per heavy atom. The molecule has 1 atom stereocenters. The molecule has 12 heteroatoms. The lowest BCUT2D eigenvalue weighted by atomic mass is 10.0. The van der Waals surface area contributed by atoms with Gasteiger partial charge in [0, 0.05) is 31.9 Å². The summed E-state index contributed by atoms with van der Waals surface area (Å²) in [6.45, 7) is 0.867. The molecule has 2 aromatic heterocycles. The molecular weight excluding hydrogens is 508 g/mol. The number of halogens is 5. The van der Waals surface area contributed by atoms with Crippen LogP contribution in [0, 0.1) is 11.6 Å². The van der Waals surface area contributed by atoms with E-state index in [4.69, 9.17) is 16.3 Å². The first-order valence-corrected chi connectivity index (χ1v) is 12.0. The maximum Gasteiger partial charge on any atom is 0.281 e. The first kappa shape index (κ1) is 25.3. The Morgan fingerprint density at radius 3 is 2.69 bits per heavy atom. The smallest absolute Gasteiger partial charge is 0.281 e. The summed E-state index contributed by atoms with van der Waals surface area (Å²) in [5.41, 5.74) is 0.687. The van der Waals surface area contributed by atoms with Gasteiger partial charge in [-0.05, 0) is 31.0 Å². The average molecular weight is 529 g/mol. The number of alkyl halides is 2. The van der Waals surface area contributed by atoms with E-state index < -0.39 is 30.0 Å². The Hall–Kier alpha value is -2.76. The van der Waals surface area contributed by atoms with Crippen LogP contribution in [0.25, 0.3) is 0 Å². The highest BCUT2D eigenvalue weighted by Gasteiger charge is 2.32. The minimum Gasteiger partial charge on any atom is -0.474 e. The summed E-state index contributed by atoms with van der Waals surface area (Å²) in [5, 5.41) is 2.59. The lowest BCUT2D eigenvalue weighted by Crippen LogP contribution is -2.44. The molecule has 0 radical (unpaired) electrons. The molecule has 186 valence electrons. The average Bonchev–Trinajstić information content (AvgIpc) is 3.30. The maximum absolute atomic E-state index is 14.2. The minimum atomic E-state index is -2.78. The van der Waals surface area contributed by atoms with Crippen molar-refractivity contribution in [1.29, 1.82) is 0 Å². The third-order valence-electron chi connectivity index (χ3n) is 5.68. The highest BCUT2D eigenvalue weighted by molar-refractivity contribution is 7.09. The fourth-order valence-electron chi connectivity index (χ4n) is 3.98. The number of carbonyl (C=O) groups is 1.